The third-order valence-corrected chi connectivity index (χ3v) is 5.41. The number of ether oxygens (including phenoxy) is 2. The monoisotopic (exact) mass is 476 g/mol. The van der Waals surface area contributed by atoms with Gasteiger partial charge in [-0.3, -0.25) is 19.1 Å². The molecule has 3 aromatic rings. The first-order valence-electron chi connectivity index (χ1n) is 9.98. The Bertz CT molecular complexity index is 1310. The molecule has 1 unspecified atom stereocenters. The molecular formula is C22H19F3N4O5. The van der Waals surface area contributed by atoms with Crippen molar-refractivity contribution in [3.05, 3.63) is 64.3 Å². The number of nitrogens with zero attached hydrogens (tertiary/aromatic N) is 4. The van der Waals surface area contributed by atoms with Gasteiger partial charge in [0.2, 0.25) is 0 Å². The van der Waals surface area contributed by atoms with Crippen molar-refractivity contribution in [2.24, 2.45) is 0 Å². The number of aliphatic hydroxyl groups excluding tert-OH is 1. The largest absolute Gasteiger partial charge is 0.491 e. The molecule has 1 amide bonds. The second-order valence-electron chi connectivity index (χ2n) is 7.39. The number of carbonyl (C=O) groups is 1. The molecule has 12 heteroatoms. The smallest absolute Gasteiger partial charge is 0.411 e. The number of halogens is 3. The highest BCUT2D eigenvalue weighted by molar-refractivity contribution is 6.09. The first kappa shape index (κ1) is 23.2. The van der Waals surface area contributed by atoms with E-state index in [1.54, 1.807) is 18.2 Å². The fraction of sp³-hybridized carbons (Fsp3) is 0.273. The van der Waals surface area contributed by atoms with Crippen LogP contribution in [-0.2, 0) is 6.54 Å². The molecule has 9 nitrogen and oxygen atoms in total. The third-order valence-electron chi connectivity index (χ3n) is 5.41. The zero-order valence-corrected chi connectivity index (χ0v) is 18.0. The molecular weight excluding hydrogens is 457 g/mol. The van der Waals surface area contributed by atoms with Crippen LogP contribution in [-0.4, -0.2) is 52.6 Å². The number of anilines is 1. The van der Waals surface area contributed by atoms with E-state index in [0.717, 1.165) is 12.3 Å². The van der Waals surface area contributed by atoms with Crippen LogP contribution in [0, 0.1) is 0 Å². The van der Waals surface area contributed by atoms with E-state index in [4.69, 9.17) is 9.47 Å². The second-order valence-corrected chi connectivity index (χ2v) is 7.39. The van der Waals surface area contributed by atoms with Crippen molar-refractivity contribution >= 4 is 11.6 Å². The van der Waals surface area contributed by atoms with Crippen LogP contribution in [0.3, 0.4) is 0 Å². The molecule has 34 heavy (non-hydrogen) atoms. The standard InChI is InChI=1S/C22H19F3N4O5/c1-33-17-7-12(8-26-20(17)34-2)15-5-4-14-16(27-15)10-28(21(14)32)13-3-6-19(31)29(9-13)18(11-30)22(23,24)25/h3-9,18,30H,10-11H2,1-2H3. The van der Waals surface area contributed by atoms with Gasteiger partial charge in [-0.1, -0.05) is 0 Å². The lowest BCUT2D eigenvalue weighted by molar-refractivity contribution is -0.177. The summed E-state index contributed by atoms with van der Waals surface area (Å²) in [6, 6.07) is 4.62. The predicted molar refractivity (Wildman–Crippen MR) is 114 cm³/mol. The summed E-state index contributed by atoms with van der Waals surface area (Å²) >= 11 is 0. The Kier molecular flexibility index (Phi) is 6.00. The molecule has 0 saturated carbocycles. The summed E-state index contributed by atoms with van der Waals surface area (Å²) < 4.78 is 50.5. The van der Waals surface area contributed by atoms with E-state index in [1.165, 1.54) is 31.4 Å². The highest BCUT2D eigenvalue weighted by Crippen LogP contribution is 2.33. The molecule has 3 aromatic heterocycles. The highest BCUT2D eigenvalue weighted by Gasteiger charge is 2.41. The minimum Gasteiger partial charge on any atom is -0.491 e. The maximum Gasteiger partial charge on any atom is 0.411 e. The maximum atomic E-state index is 13.3. The van der Waals surface area contributed by atoms with E-state index in [0.29, 0.717) is 33.1 Å². The molecule has 0 fully saturated rings. The van der Waals surface area contributed by atoms with Crippen molar-refractivity contribution in [2.75, 3.05) is 25.7 Å². The van der Waals surface area contributed by atoms with Gasteiger partial charge in [0.1, 0.15) is 0 Å². The average Bonchev–Trinajstić information content (AvgIpc) is 3.15. The van der Waals surface area contributed by atoms with Crippen molar-refractivity contribution < 1.29 is 32.5 Å². The topological polar surface area (TPSA) is 107 Å². The molecule has 0 saturated heterocycles. The minimum atomic E-state index is -4.85. The van der Waals surface area contributed by atoms with Crippen molar-refractivity contribution in [1.82, 2.24) is 14.5 Å². The normalized spacial score (nSPS) is 14.2. The van der Waals surface area contributed by atoms with Crippen molar-refractivity contribution in [1.29, 1.82) is 0 Å². The van der Waals surface area contributed by atoms with Gasteiger partial charge in [-0.05, 0) is 24.3 Å². The summed E-state index contributed by atoms with van der Waals surface area (Å²) in [4.78, 5) is 34.9. The van der Waals surface area contributed by atoms with E-state index in [2.05, 4.69) is 9.97 Å². The molecule has 4 rings (SSSR count). The van der Waals surface area contributed by atoms with Crippen LogP contribution >= 0.6 is 0 Å². The SMILES string of the molecule is COc1cc(-c2ccc3c(n2)CN(c2ccc(=O)n(C(CO)C(F)(F)F)c2)C3=O)cnc1OC. The van der Waals surface area contributed by atoms with Crippen LogP contribution in [0.15, 0.2) is 47.5 Å². The number of methoxy groups -OCH3 is 2. The van der Waals surface area contributed by atoms with Crippen LogP contribution in [0.1, 0.15) is 22.1 Å². The lowest BCUT2D eigenvalue weighted by Crippen LogP contribution is -2.37. The van der Waals surface area contributed by atoms with Gasteiger partial charge < -0.3 is 19.5 Å². The van der Waals surface area contributed by atoms with Gasteiger partial charge in [-0.2, -0.15) is 13.2 Å². The predicted octanol–water partition coefficient (Wildman–Crippen LogP) is 2.58. The molecule has 0 aliphatic carbocycles. The fourth-order valence-corrected chi connectivity index (χ4v) is 3.67. The summed E-state index contributed by atoms with van der Waals surface area (Å²) in [5, 5.41) is 9.21. The summed E-state index contributed by atoms with van der Waals surface area (Å²) in [6.07, 6.45) is -2.40. The number of fused-ring (bicyclic) bond motifs is 1. The summed E-state index contributed by atoms with van der Waals surface area (Å²) in [5.74, 6) is 0.214. The Labute approximate surface area is 191 Å². The van der Waals surface area contributed by atoms with Gasteiger partial charge in [0.05, 0.1) is 50.0 Å². The maximum absolute atomic E-state index is 13.3. The lowest BCUT2D eigenvalue weighted by Gasteiger charge is -2.23. The first-order chi connectivity index (χ1) is 16.2. The number of rotatable bonds is 6. The molecule has 1 aliphatic heterocycles. The molecule has 1 atom stereocenters. The van der Waals surface area contributed by atoms with E-state index in [1.807, 2.05) is 0 Å². The number of alkyl halides is 3. The van der Waals surface area contributed by atoms with Crippen LogP contribution < -0.4 is 19.9 Å². The van der Waals surface area contributed by atoms with Crippen LogP contribution in [0.2, 0.25) is 0 Å². The van der Waals surface area contributed by atoms with Gasteiger partial charge in [0.15, 0.2) is 11.8 Å². The Hall–Kier alpha value is -3.93. The number of aromatic nitrogens is 3. The molecule has 0 spiro atoms. The van der Waals surface area contributed by atoms with Crippen molar-refractivity contribution in [2.45, 2.75) is 18.8 Å². The van der Waals surface area contributed by atoms with Gasteiger partial charge in [-0.15, -0.1) is 0 Å². The molecule has 178 valence electrons. The zero-order valence-electron chi connectivity index (χ0n) is 18.0. The summed E-state index contributed by atoms with van der Waals surface area (Å²) in [6.45, 7) is -1.33. The van der Waals surface area contributed by atoms with Gasteiger partial charge in [0, 0.05) is 24.0 Å². The minimum absolute atomic E-state index is 0.0171. The molecule has 1 aliphatic rings. The zero-order chi connectivity index (χ0) is 24.6. The number of pyridine rings is 3. The quantitative estimate of drug-likeness (QED) is 0.583. The highest BCUT2D eigenvalue weighted by atomic mass is 19.4. The summed E-state index contributed by atoms with van der Waals surface area (Å²) in [5.41, 5.74) is 0.916. The van der Waals surface area contributed by atoms with E-state index in [-0.39, 0.29) is 17.8 Å². The fourth-order valence-electron chi connectivity index (χ4n) is 3.67. The molecule has 4 heterocycles. The Balaban J connectivity index is 1.68. The Morgan fingerprint density at radius 2 is 1.91 bits per heavy atom. The molecule has 0 radical (unpaired) electrons. The van der Waals surface area contributed by atoms with Gasteiger partial charge in [0.25, 0.3) is 17.3 Å². The Morgan fingerprint density at radius 1 is 1.15 bits per heavy atom. The number of hydrogen-bond donors (Lipinski definition) is 1. The van der Waals surface area contributed by atoms with Crippen molar-refractivity contribution in [3.8, 4) is 22.9 Å². The number of carbonyl (C=O) groups excluding carboxylic acids is 1. The van der Waals surface area contributed by atoms with Crippen LogP contribution in [0.25, 0.3) is 11.3 Å². The van der Waals surface area contributed by atoms with Crippen LogP contribution in [0.5, 0.6) is 11.6 Å². The summed E-state index contributed by atoms with van der Waals surface area (Å²) in [7, 11) is 2.93. The lowest BCUT2D eigenvalue weighted by atomic mass is 10.1. The van der Waals surface area contributed by atoms with Crippen molar-refractivity contribution in [3.63, 3.8) is 0 Å². The number of hydrogen-bond acceptors (Lipinski definition) is 7. The molecule has 0 bridgehead atoms. The average molecular weight is 476 g/mol. The van der Waals surface area contributed by atoms with Crippen LogP contribution in [0.4, 0.5) is 18.9 Å². The van der Waals surface area contributed by atoms with E-state index >= 15 is 0 Å². The van der Waals surface area contributed by atoms with Gasteiger partial charge >= 0.3 is 6.18 Å². The van der Waals surface area contributed by atoms with Gasteiger partial charge in [-0.25, -0.2) is 4.98 Å². The van der Waals surface area contributed by atoms with E-state index in [9.17, 15) is 27.9 Å². The first-order valence-corrected chi connectivity index (χ1v) is 9.98. The third kappa shape index (κ3) is 4.07. The second kappa shape index (κ2) is 8.78. The van der Waals surface area contributed by atoms with E-state index < -0.39 is 30.3 Å². The Morgan fingerprint density at radius 3 is 2.56 bits per heavy atom. The molecule has 0 aromatic carbocycles. The molecule has 1 N–H and O–H groups in total. The number of aliphatic hydroxyl groups is 1. The number of amides is 1.